The highest BCUT2D eigenvalue weighted by Crippen LogP contribution is 2.48. The SMILES string of the molecule is N#Cc1c2ccccc2c(-c2cc(Br)c(O)c(Br)c2)c2c1sc1ccccc12. The molecule has 0 amide bonds. The van der Waals surface area contributed by atoms with Crippen molar-refractivity contribution >= 4 is 74.1 Å². The Hall–Kier alpha value is -2.39. The van der Waals surface area contributed by atoms with Crippen LogP contribution in [0, 0.1) is 11.3 Å². The lowest BCUT2D eigenvalue weighted by Gasteiger charge is -2.13. The van der Waals surface area contributed by atoms with Gasteiger partial charge in [-0.2, -0.15) is 5.26 Å². The maximum absolute atomic E-state index is 10.2. The minimum atomic E-state index is 0.174. The van der Waals surface area contributed by atoms with Gasteiger partial charge in [-0.25, -0.2) is 0 Å². The van der Waals surface area contributed by atoms with Crippen molar-refractivity contribution in [3.63, 3.8) is 0 Å². The van der Waals surface area contributed by atoms with E-state index in [2.05, 4.69) is 56.1 Å². The highest BCUT2D eigenvalue weighted by molar-refractivity contribution is 9.11. The molecule has 1 heterocycles. The molecule has 28 heavy (non-hydrogen) atoms. The summed E-state index contributed by atoms with van der Waals surface area (Å²) in [7, 11) is 0. The molecule has 0 atom stereocenters. The van der Waals surface area contributed by atoms with Crippen molar-refractivity contribution in [3.05, 3.63) is 75.2 Å². The van der Waals surface area contributed by atoms with Crippen molar-refractivity contribution in [3.8, 4) is 22.9 Å². The fourth-order valence-corrected chi connectivity index (χ4v) is 6.17. The Morgan fingerprint density at radius 1 is 0.857 bits per heavy atom. The second-order valence-corrected chi connectivity index (χ2v) is 9.26. The zero-order chi connectivity index (χ0) is 19.4. The van der Waals surface area contributed by atoms with Crippen LogP contribution in [0.4, 0.5) is 0 Å². The van der Waals surface area contributed by atoms with Crippen LogP contribution in [0.15, 0.2) is 69.6 Å². The van der Waals surface area contributed by atoms with Crippen LogP contribution >= 0.6 is 43.2 Å². The Labute approximate surface area is 181 Å². The van der Waals surface area contributed by atoms with Gasteiger partial charge in [0.25, 0.3) is 0 Å². The summed E-state index contributed by atoms with van der Waals surface area (Å²) in [4.78, 5) is 0. The van der Waals surface area contributed by atoms with E-state index in [1.54, 1.807) is 11.3 Å². The molecule has 0 saturated carbocycles. The molecule has 0 bridgehead atoms. The number of nitriles is 1. The van der Waals surface area contributed by atoms with Gasteiger partial charge >= 0.3 is 0 Å². The van der Waals surface area contributed by atoms with Gasteiger partial charge in [0.05, 0.1) is 19.2 Å². The van der Waals surface area contributed by atoms with E-state index in [-0.39, 0.29) is 5.75 Å². The first kappa shape index (κ1) is 17.7. The van der Waals surface area contributed by atoms with Gasteiger partial charge in [0.1, 0.15) is 11.8 Å². The van der Waals surface area contributed by atoms with Crippen LogP contribution in [0.5, 0.6) is 5.75 Å². The molecule has 5 aromatic rings. The summed E-state index contributed by atoms with van der Waals surface area (Å²) in [5.74, 6) is 0.174. The molecule has 4 aromatic carbocycles. The van der Waals surface area contributed by atoms with E-state index in [0.29, 0.717) is 14.5 Å². The number of rotatable bonds is 1. The molecule has 0 fully saturated rings. The highest BCUT2D eigenvalue weighted by atomic mass is 79.9. The Kier molecular flexibility index (Phi) is 4.17. The van der Waals surface area contributed by atoms with Crippen molar-refractivity contribution in [2.75, 3.05) is 0 Å². The van der Waals surface area contributed by atoms with Gasteiger partial charge in [-0.3, -0.25) is 0 Å². The van der Waals surface area contributed by atoms with Gasteiger partial charge in [0, 0.05) is 20.9 Å². The lowest BCUT2D eigenvalue weighted by Crippen LogP contribution is -1.89. The van der Waals surface area contributed by atoms with Crippen LogP contribution in [-0.2, 0) is 0 Å². The first-order valence-corrected chi connectivity index (χ1v) is 10.9. The summed E-state index contributed by atoms with van der Waals surface area (Å²) < 4.78 is 3.40. The van der Waals surface area contributed by atoms with Crippen molar-refractivity contribution in [1.82, 2.24) is 0 Å². The Bertz CT molecular complexity index is 1440. The molecule has 0 aliphatic carbocycles. The molecule has 0 spiro atoms. The molecule has 5 heteroatoms. The average Bonchev–Trinajstić information content (AvgIpc) is 3.08. The van der Waals surface area contributed by atoms with Gasteiger partial charge in [0.2, 0.25) is 0 Å². The summed E-state index contributed by atoms with van der Waals surface area (Å²) in [6, 6.07) is 22.6. The Morgan fingerprint density at radius 2 is 1.46 bits per heavy atom. The van der Waals surface area contributed by atoms with Gasteiger partial charge < -0.3 is 5.11 Å². The molecule has 0 aliphatic heterocycles. The largest absolute Gasteiger partial charge is 0.506 e. The van der Waals surface area contributed by atoms with Crippen LogP contribution < -0.4 is 0 Å². The van der Waals surface area contributed by atoms with E-state index in [1.807, 2.05) is 42.5 Å². The monoisotopic (exact) mass is 507 g/mol. The summed E-state index contributed by atoms with van der Waals surface area (Å²) in [5, 5.41) is 24.3. The molecular formula is C23H11Br2NOS. The van der Waals surface area contributed by atoms with Crippen LogP contribution in [0.1, 0.15) is 5.56 Å². The normalized spacial score (nSPS) is 11.3. The third-order valence-electron chi connectivity index (χ3n) is 4.96. The number of hydrogen-bond donors (Lipinski definition) is 1. The van der Waals surface area contributed by atoms with E-state index in [1.165, 1.54) is 0 Å². The first-order valence-electron chi connectivity index (χ1n) is 8.54. The van der Waals surface area contributed by atoms with Crippen LogP contribution in [0.3, 0.4) is 0 Å². The molecule has 0 unspecified atom stereocenters. The molecule has 5 rings (SSSR count). The molecule has 2 nitrogen and oxygen atoms in total. The quantitative estimate of drug-likeness (QED) is 0.249. The lowest BCUT2D eigenvalue weighted by molar-refractivity contribution is 0.468. The van der Waals surface area contributed by atoms with Crippen molar-refractivity contribution < 1.29 is 5.11 Å². The first-order chi connectivity index (χ1) is 13.6. The summed E-state index contributed by atoms with van der Waals surface area (Å²) in [6.07, 6.45) is 0. The average molecular weight is 509 g/mol. The van der Waals surface area contributed by atoms with E-state index >= 15 is 0 Å². The molecule has 0 saturated heterocycles. The van der Waals surface area contributed by atoms with Crippen molar-refractivity contribution in [2.45, 2.75) is 0 Å². The van der Waals surface area contributed by atoms with E-state index in [0.717, 1.165) is 42.1 Å². The highest BCUT2D eigenvalue weighted by Gasteiger charge is 2.20. The smallest absolute Gasteiger partial charge is 0.143 e. The van der Waals surface area contributed by atoms with E-state index in [9.17, 15) is 10.4 Å². The predicted octanol–water partition coefficient (Wildman–Crippen LogP) is 7.98. The lowest BCUT2D eigenvalue weighted by atomic mass is 9.91. The van der Waals surface area contributed by atoms with Gasteiger partial charge in [-0.05, 0) is 66.6 Å². The maximum Gasteiger partial charge on any atom is 0.143 e. The van der Waals surface area contributed by atoms with Crippen molar-refractivity contribution in [2.24, 2.45) is 0 Å². The van der Waals surface area contributed by atoms with E-state index < -0.39 is 0 Å². The number of thiophene rings is 1. The van der Waals surface area contributed by atoms with Crippen molar-refractivity contribution in [1.29, 1.82) is 5.26 Å². The number of phenolic OH excluding ortho intramolecular Hbond substituents is 1. The van der Waals surface area contributed by atoms with Crippen LogP contribution in [0.2, 0.25) is 0 Å². The van der Waals surface area contributed by atoms with Crippen LogP contribution in [-0.4, -0.2) is 5.11 Å². The van der Waals surface area contributed by atoms with Gasteiger partial charge in [-0.15, -0.1) is 11.3 Å². The number of halogens is 2. The Morgan fingerprint density at radius 3 is 2.14 bits per heavy atom. The topological polar surface area (TPSA) is 44.0 Å². The number of hydrogen-bond acceptors (Lipinski definition) is 3. The fraction of sp³-hybridized carbons (Fsp3) is 0. The summed E-state index contributed by atoms with van der Waals surface area (Å²) in [6.45, 7) is 0. The number of benzene rings is 4. The maximum atomic E-state index is 10.2. The number of phenols is 1. The number of fused-ring (bicyclic) bond motifs is 4. The fourth-order valence-electron chi connectivity index (χ4n) is 3.77. The molecule has 0 radical (unpaired) electrons. The van der Waals surface area contributed by atoms with E-state index in [4.69, 9.17) is 0 Å². The minimum Gasteiger partial charge on any atom is -0.506 e. The Balaban J connectivity index is 2.10. The standard InChI is InChI=1S/C23H11Br2NOS/c24-17-9-12(10-18(25)22(17)27)20-14-6-2-1-5-13(14)16(11-26)23-21(20)15-7-3-4-8-19(15)28-23/h1-10,27H. The molecular weight excluding hydrogens is 498 g/mol. The third kappa shape index (κ3) is 2.49. The predicted molar refractivity (Wildman–Crippen MR) is 124 cm³/mol. The molecule has 134 valence electrons. The molecule has 0 aliphatic rings. The zero-order valence-corrected chi connectivity index (χ0v) is 18.3. The number of aromatic hydroxyl groups is 1. The van der Waals surface area contributed by atoms with Crippen LogP contribution in [0.25, 0.3) is 42.1 Å². The molecule has 1 aromatic heterocycles. The summed E-state index contributed by atoms with van der Waals surface area (Å²) >= 11 is 8.58. The van der Waals surface area contributed by atoms with Gasteiger partial charge in [-0.1, -0.05) is 42.5 Å². The summed E-state index contributed by atoms with van der Waals surface area (Å²) in [5.41, 5.74) is 2.77. The third-order valence-corrected chi connectivity index (χ3v) is 7.35. The number of nitrogens with zero attached hydrogens (tertiary/aromatic N) is 1. The second kappa shape index (κ2) is 6.59. The van der Waals surface area contributed by atoms with Gasteiger partial charge in [0.15, 0.2) is 0 Å². The molecule has 1 N–H and O–H groups in total. The second-order valence-electron chi connectivity index (χ2n) is 6.50. The minimum absolute atomic E-state index is 0.174. The zero-order valence-electron chi connectivity index (χ0n) is 14.3.